The Labute approximate surface area is 162 Å². The van der Waals surface area contributed by atoms with Crippen LogP contribution in [0.1, 0.15) is 62.8 Å². The summed E-state index contributed by atoms with van der Waals surface area (Å²) < 4.78 is 0. The first-order chi connectivity index (χ1) is 13.0. The molecule has 0 aliphatic carbocycles. The molecule has 4 heteroatoms. The summed E-state index contributed by atoms with van der Waals surface area (Å²) in [6, 6.07) is 17.9. The number of nitriles is 1. The first-order valence-corrected chi connectivity index (χ1v) is 9.58. The van der Waals surface area contributed by atoms with E-state index in [1.165, 1.54) is 11.1 Å². The normalized spacial score (nSPS) is 13.0. The molecule has 1 amide bonds. The number of hydrogen-bond acceptors (Lipinski definition) is 3. The highest BCUT2D eigenvalue weighted by Gasteiger charge is 2.17. The van der Waals surface area contributed by atoms with Crippen molar-refractivity contribution < 1.29 is 4.79 Å². The smallest absolute Gasteiger partial charge is 0.238 e. The maximum Gasteiger partial charge on any atom is 0.238 e. The lowest BCUT2D eigenvalue weighted by Crippen LogP contribution is -2.33. The lowest BCUT2D eigenvalue weighted by molar-refractivity contribution is -0.115. The van der Waals surface area contributed by atoms with E-state index in [9.17, 15) is 4.79 Å². The molecule has 0 aliphatic heterocycles. The third-order valence-corrected chi connectivity index (χ3v) is 4.95. The number of nitrogens with zero attached hydrogens (tertiary/aromatic N) is 1. The molecule has 0 saturated heterocycles. The summed E-state index contributed by atoms with van der Waals surface area (Å²) in [5.41, 5.74) is 3.54. The van der Waals surface area contributed by atoms with Gasteiger partial charge in [-0.3, -0.25) is 4.79 Å². The molecule has 4 nitrogen and oxygen atoms in total. The van der Waals surface area contributed by atoms with Gasteiger partial charge in [0, 0.05) is 6.04 Å². The summed E-state index contributed by atoms with van der Waals surface area (Å²) in [4.78, 5) is 12.3. The molecular weight excluding hydrogens is 334 g/mol. The van der Waals surface area contributed by atoms with Crippen LogP contribution in [-0.4, -0.2) is 12.5 Å². The lowest BCUT2D eigenvalue weighted by Gasteiger charge is -2.23. The van der Waals surface area contributed by atoms with Crippen LogP contribution in [0.4, 0.5) is 5.69 Å². The maximum atomic E-state index is 12.3. The van der Waals surface area contributed by atoms with E-state index in [4.69, 9.17) is 5.26 Å². The topological polar surface area (TPSA) is 64.9 Å². The highest BCUT2D eigenvalue weighted by Crippen LogP contribution is 2.25. The Morgan fingerprint density at radius 1 is 1.04 bits per heavy atom. The number of carbonyl (C=O) groups excluding carboxylic acids is 1. The van der Waals surface area contributed by atoms with Gasteiger partial charge < -0.3 is 10.6 Å². The Bertz CT molecular complexity index is 790. The molecule has 2 rings (SSSR count). The molecule has 0 bridgehead atoms. The summed E-state index contributed by atoms with van der Waals surface area (Å²) in [7, 11) is 0. The largest absolute Gasteiger partial charge is 0.324 e. The number of carbonyl (C=O) groups is 1. The third kappa shape index (κ3) is 5.67. The molecule has 2 atom stereocenters. The standard InChI is InChI=1S/C23H29N3O/c1-5-17(4)18-10-12-19(13-11-18)23(16(2)3)25-15-22(27)26-21-9-7-6-8-20(21)14-24/h6-13,16-17,23,25H,5,15H2,1-4H3,(H,26,27)/t17-,23-/m0/s1. The first kappa shape index (κ1) is 20.7. The van der Waals surface area contributed by atoms with Crippen LogP contribution in [0, 0.1) is 17.2 Å². The van der Waals surface area contributed by atoms with Crippen LogP contribution < -0.4 is 10.6 Å². The molecule has 0 unspecified atom stereocenters. The van der Waals surface area contributed by atoms with Crippen LogP contribution in [0.25, 0.3) is 0 Å². The van der Waals surface area contributed by atoms with E-state index in [2.05, 4.69) is 68.7 Å². The Kier molecular flexibility index (Phi) is 7.57. The highest BCUT2D eigenvalue weighted by molar-refractivity contribution is 5.93. The molecular formula is C23H29N3O. The minimum atomic E-state index is -0.153. The average molecular weight is 364 g/mol. The van der Waals surface area contributed by atoms with Crippen molar-refractivity contribution in [3.8, 4) is 6.07 Å². The molecule has 0 spiro atoms. The van der Waals surface area contributed by atoms with Gasteiger partial charge in [0.1, 0.15) is 6.07 Å². The van der Waals surface area contributed by atoms with Gasteiger partial charge >= 0.3 is 0 Å². The molecule has 2 aromatic rings. The van der Waals surface area contributed by atoms with Crippen molar-refractivity contribution in [1.29, 1.82) is 5.26 Å². The fourth-order valence-corrected chi connectivity index (χ4v) is 3.09. The van der Waals surface area contributed by atoms with Gasteiger partial charge in [-0.25, -0.2) is 0 Å². The van der Waals surface area contributed by atoms with Crippen molar-refractivity contribution in [2.24, 2.45) is 5.92 Å². The van der Waals surface area contributed by atoms with Gasteiger partial charge in [-0.1, -0.05) is 64.1 Å². The van der Waals surface area contributed by atoms with Gasteiger partial charge in [-0.2, -0.15) is 5.26 Å². The monoisotopic (exact) mass is 363 g/mol. The number of amides is 1. The molecule has 2 N–H and O–H groups in total. The van der Waals surface area contributed by atoms with E-state index >= 15 is 0 Å². The zero-order chi connectivity index (χ0) is 19.8. The van der Waals surface area contributed by atoms with Gasteiger partial charge in [0.2, 0.25) is 5.91 Å². The van der Waals surface area contributed by atoms with Crippen LogP contribution in [0.15, 0.2) is 48.5 Å². The molecule has 142 valence electrons. The van der Waals surface area contributed by atoms with Crippen molar-refractivity contribution in [1.82, 2.24) is 5.32 Å². The predicted octanol–water partition coefficient (Wildman–Crippen LogP) is 5.00. The third-order valence-electron chi connectivity index (χ3n) is 4.95. The van der Waals surface area contributed by atoms with Gasteiger partial charge in [-0.05, 0) is 41.5 Å². The summed E-state index contributed by atoms with van der Waals surface area (Å²) in [6.07, 6.45) is 1.12. The van der Waals surface area contributed by atoms with Crippen LogP contribution in [0.5, 0.6) is 0 Å². The summed E-state index contributed by atoms with van der Waals surface area (Å²) >= 11 is 0. The molecule has 27 heavy (non-hydrogen) atoms. The highest BCUT2D eigenvalue weighted by atomic mass is 16.1. The van der Waals surface area contributed by atoms with Gasteiger partial charge in [0.15, 0.2) is 0 Å². The molecule has 2 aromatic carbocycles. The number of hydrogen-bond donors (Lipinski definition) is 2. The first-order valence-electron chi connectivity index (χ1n) is 9.58. The molecule has 0 saturated carbocycles. The van der Waals surface area contributed by atoms with Crippen molar-refractivity contribution in [3.63, 3.8) is 0 Å². The van der Waals surface area contributed by atoms with E-state index in [1.807, 2.05) is 0 Å². The number of anilines is 1. The molecule has 0 heterocycles. The Balaban J connectivity index is 2.02. The second-order valence-electron chi connectivity index (χ2n) is 7.28. The van der Waals surface area contributed by atoms with E-state index in [0.717, 1.165) is 6.42 Å². The summed E-state index contributed by atoms with van der Waals surface area (Å²) in [5, 5.41) is 15.3. The van der Waals surface area contributed by atoms with Crippen LogP contribution in [-0.2, 0) is 4.79 Å². The van der Waals surface area contributed by atoms with Crippen LogP contribution in [0.3, 0.4) is 0 Å². The van der Waals surface area contributed by atoms with Gasteiger partial charge in [0.05, 0.1) is 17.8 Å². The molecule has 0 aromatic heterocycles. The lowest BCUT2D eigenvalue weighted by atomic mass is 9.92. The zero-order valence-electron chi connectivity index (χ0n) is 16.6. The zero-order valence-corrected chi connectivity index (χ0v) is 16.6. The summed E-state index contributed by atoms with van der Waals surface area (Å²) in [6.45, 7) is 8.90. The molecule has 0 aliphatic rings. The minimum Gasteiger partial charge on any atom is -0.324 e. The number of nitrogens with one attached hydrogen (secondary N) is 2. The second kappa shape index (κ2) is 9.89. The second-order valence-corrected chi connectivity index (χ2v) is 7.28. The van der Waals surface area contributed by atoms with Crippen molar-refractivity contribution in [3.05, 3.63) is 65.2 Å². The van der Waals surface area contributed by atoms with Crippen LogP contribution >= 0.6 is 0 Å². The van der Waals surface area contributed by atoms with Crippen LogP contribution in [0.2, 0.25) is 0 Å². The van der Waals surface area contributed by atoms with Crippen molar-refractivity contribution in [2.45, 2.75) is 46.1 Å². The average Bonchev–Trinajstić information content (AvgIpc) is 2.68. The Morgan fingerprint density at radius 2 is 1.67 bits per heavy atom. The van der Waals surface area contributed by atoms with Crippen molar-refractivity contribution in [2.75, 3.05) is 11.9 Å². The van der Waals surface area contributed by atoms with Gasteiger partial charge in [0.25, 0.3) is 0 Å². The minimum absolute atomic E-state index is 0.0907. The molecule has 0 fully saturated rings. The fourth-order valence-electron chi connectivity index (χ4n) is 3.09. The Hall–Kier alpha value is -2.64. The summed E-state index contributed by atoms with van der Waals surface area (Å²) in [5.74, 6) is 0.744. The fraction of sp³-hybridized carbons (Fsp3) is 0.391. The van der Waals surface area contributed by atoms with E-state index in [-0.39, 0.29) is 18.5 Å². The van der Waals surface area contributed by atoms with Crippen molar-refractivity contribution >= 4 is 11.6 Å². The number of rotatable bonds is 8. The van der Waals surface area contributed by atoms with Gasteiger partial charge in [-0.15, -0.1) is 0 Å². The maximum absolute atomic E-state index is 12.3. The number of benzene rings is 2. The predicted molar refractivity (Wildman–Crippen MR) is 111 cm³/mol. The Morgan fingerprint density at radius 3 is 2.26 bits per heavy atom. The number of para-hydroxylation sites is 1. The van der Waals surface area contributed by atoms with E-state index in [0.29, 0.717) is 23.1 Å². The SMILES string of the molecule is CC[C@H](C)c1ccc([C@@H](NCC(=O)Nc2ccccc2C#N)C(C)C)cc1. The van der Waals surface area contributed by atoms with E-state index in [1.54, 1.807) is 24.3 Å². The van der Waals surface area contributed by atoms with E-state index < -0.39 is 0 Å². The quantitative estimate of drug-likeness (QED) is 0.694. The molecule has 0 radical (unpaired) electrons.